The summed E-state index contributed by atoms with van der Waals surface area (Å²) in [7, 11) is 0. The molecule has 14 heteroatoms. The SMILES string of the molecule is O=C(NCc1nc(NCC(c2ccccc2)c2ccccc2)c2ncn([C@@H]3O[C@H](CO)[C@@H](O)[C@@H]3O)c2n1)NC1CCN(c2ccccn2)CC1. The smallest absolute Gasteiger partial charge is 0.315 e. The van der Waals surface area contributed by atoms with Gasteiger partial charge in [-0.2, -0.15) is 0 Å². The molecule has 5 heterocycles. The third kappa shape index (κ3) is 7.23. The largest absolute Gasteiger partial charge is 0.394 e. The number of carbonyl (C=O) groups is 1. The van der Waals surface area contributed by atoms with Crippen molar-refractivity contribution in [3.8, 4) is 0 Å². The predicted molar refractivity (Wildman–Crippen MR) is 186 cm³/mol. The van der Waals surface area contributed by atoms with Crippen LogP contribution < -0.4 is 20.9 Å². The summed E-state index contributed by atoms with van der Waals surface area (Å²) in [6, 6.07) is 25.9. The predicted octanol–water partition coefficient (Wildman–Crippen LogP) is 2.54. The molecule has 2 amide bonds. The van der Waals surface area contributed by atoms with E-state index in [0.29, 0.717) is 29.4 Å². The molecule has 2 fully saturated rings. The first-order chi connectivity index (χ1) is 24.5. The Balaban J connectivity index is 1.10. The molecule has 14 nitrogen and oxygen atoms in total. The van der Waals surface area contributed by atoms with E-state index in [-0.39, 0.29) is 24.5 Å². The summed E-state index contributed by atoms with van der Waals surface area (Å²) in [5.41, 5.74) is 3.01. The van der Waals surface area contributed by atoms with Gasteiger partial charge >= 0.3 is 6.03 Å². The molecule has 0 aliphatic carbocycles. The lowest BCUT2D eigenvalue weighted by Crippen LogP contribution is -2.48. The summed E-state index contributed by atoms with van der Waals surface area (Å²) in [4.78, 5) is 33.8. The number of benzene rings is 2. The normalized spacial score (nSPS) is 21.1. The van der Waals surface area contributed by atoms with Crippen molar-refractivity contribution in [1.29, 1.82) is 0 Å². The van der Waals surface area contributed by atoms with E-state index >= 15 is 0 Å². The standard InChI is InChI=1S/C36H41N9O5/c46-21-27-31(47)32(48)35(50-27)45-22-40-30-33(38-19-26(23-9-3-1-4-10-23)24-11-5-2-6-12-24)42-28(43-34(30)45)20-39-36(49)41-25-14-17-44(18-15-25)29-13-7-8-16-37-29/h1-13,16,22,25-27,31-32,35,46-48H,14-15,17-21H2,(H,38,42,43)(H2,39,41,49)/t27-,31-,32+,35-/m1/s1. The zero-order valence-corrected chi connectivity index (χ0v) is 27.4. The molecule has 0 radical (unpaired) electrons. The summed E-state index contributed by atoms with van der Waals surface area (Å²) in [5, 5.41) is 40.4. The third-order valence-corrected chi connectivity index (χ3v) is 9.35. The van der Waals surface area contributed by atoms with Crippen LogP contribution in [0.1, 0.15) is 41.9 Å². The number of aliphatic hydroxyl groups excluding tert-OH is 3. The number of aliphatic hydroxyl groups is 3. The molecule has 2 saturated heterocycles. The Kier molecular flexibility index (Phi) is 10.1. The van der Waals surface area contributed by atoms with Crippen LogP contribution in [0.4, 0.5) is 16.4 Å². The van der Waals surface area contributed by atoms with Crippen LogP contribution in [0.25, 0.3) is 11.2 Å². The van der Waals surface area contributed by atoms with Crippen molar-refractivity contribution in [1.82, 2.24) is 35.1 Å². The average Bonchev–Trinajstić information content (AvgIpc) is 3.71. The fourth-order valence-corrected chi connectivity index (χ4v) is 6.65. The van der Waals surface area contributed by atoms with E-state index in [1.165, 1.54) is 10.9 Å². The number of ether oxygens (including phenoxy) is 1. The number of aromatic nitrogens is 5. The van der Waals surface area contributed by atoms with E-state index in [0.717, 1.165) is 42.9 Å². The van der Waals surface area contributed by atoms with Gasteiger partial charge in [0.15, 0.2) is 29.0 Å². The molecular formula is C36H41N9O5. The highest BCUT2D eigenvalue weighted by Crippen LogP contribution is 2.33. The average molecular weight is 680 g/mol. The topological polar surface area (TPSA) is 183 Å². The molecule has 3 aromatic heterocycles. The van der Waals surface area contributed by atoms with E-state index in [1.807, 2.05) is 54.6 Å². The number of hydrogen-bond acceptors (Lipinski definition) is 11. The fraction of sp³-hybridized carbons (Fsp3) is 0.361. The summed E-state index contributed by atoms with van der Waals surface area (Å²) in [5.74, 6) is 1.67. The first kappa shape index (κ1) is 33.4. The Bertz CT molecular complexity index is 1820. The molecule has 4 atom stereocenters. The molecule has 50 heavy (non-hydrogen) atoms. The van der Waals surface area contributed by atoms with Crippen LogP contribution >= 0.6 is 0 Å². The first-order valence-corrected chi connectivity index (χ1v) is 16.9. The van der Waals surface area contributed by atoms with E-state index < -0.39 is 31.1 Å². The Hall–Kier alpha value is -5.15. The molecule has 0 bridgehead atoms. The number of anilines is 2. The minimum atomic E-state index is -1.33. The zero-order valence-electron chi connectivity index (χ0n) is 27.4. The van der Waals surface area contributed by atoms with Gasteiger partial charge < -0.3 is 40.9 Å². The molecule has 7 rings (SSSR count). The molecular weight excluding hydrogens is 638 g/mol. The van der Waals surface area contributed by atoms with Gasteiger partial charge in [-0.1, -0.05) is 66.7 Å². The van der Waals surface area contributed by atoms with Crippen molar-refractivity contribution < 1.29 is 24.9 Å². The van der Waals surface area contributed by atoms with E-state index in [2.05, 4.69) is 55.1 Å². The van der Waals surface area contributed by atoms with Gasteiger partial charge in [-0.25, -0.2) is 24.7 Å². The highest BCUT2D eigenvalue weighted by Gasteiger charge is 2.44. The van der Waals surface area contributed by atoms with E-state index in [9.17, 15) is 20.1 Å². The molecule has 6 N–H and O–H groups in total. The lowest BCUT2D eigenvalue weighted by atomic mass is 9.91. The van der Waals surface area contributed by atoms with E-state index in [4.69, 9.17) is 14.7 Å². The number of fused-ring (bicyclic) bond motifs is 1. The number of imidazole rings is 1. The highest BCUT2D eigenvalue weighted by atomic mass is 16.6. The number of piperidine rings is 1. The summed E-state index contributed by atoms with van der Waals surface area (Å²) in [6.45, 7) is 1.61. The van der Waals surface area contributed by atoms with Gasteiger partial charge in [-0.15, -0.1) is 0 Å². The van der Waals surface area contributed by atoms with E-state index in [1.54, 1.807) is 6.20 Å². The summed E-state index contributed by atoms with van der Waals surface area (Å²) < 4.78 is 7.33. The molecule has 2 aliphatic heterocycles. The maximum Gasteiger partial charge on any atom is 0.315 e. The van der Waals surface area contributed by atoms with Gasteiger partial charge in [-0.3, -0.25) is 4.57 Å². The number of carbonyl (C=O) groups excluding carboxylic acids is 1. The minimum absolute atomic E-state index is 0.0110. The van der Waals surface area contributed by atoms with Gasteiger partial charge in [0, 0.05) is 37.8 Å². The number of rotatable bonds is 11. The number of nitrogens with zero attached hydrogens (tertiary/aromatic N) is 6. The molecule has 0 saturated carbocycles. The Morgan fingerprint density at radius 2 is 1.60 bits per heavy atom. The van der Waals surface area contributed by atoms with Gasteiger partial charge in [0.2, 0.25) is 0 Å². The quantitative estimate of drug-likeness (QED) is 0.121. The molecule has 260 valence electrons. The number of pyridine rings is 1. The van der Waals surface area contributed by atoms with Crippen molar-refractivity contribution >= 4 is 28.8 Å². The Morgan fingerprint density at radius 3 is 2.24 bits per heavy atom. The van der Waals surface area contributed by atoms with Gasteiger partial charge in [-0.05, 0) is 36.1 Å². The minimum Gasteiger partial charge on any atom is -0.394 e. The van der Waals surface area contributed by atoms with Crippen molar-refractivity contribution in [3.63, 3.8) is 0 Å². The lowest BCUT2D eigenvalue weighted by Gasteiger charge is -2.33. The second-order valence-electron chi connectivity index (χ2n) is 12.6. The number of urea groups is 1. The van der Waals surface area contributed by atoms with Crippen LogP contribution in [0.15, 0.2) is 91.4 Å². The lowest BCUT2D eigenvalue weighted by molar-refractivity contribution is -0.0511. The molecule has 5 aromatic rings. The van der Waals surface area contributed by atoms with Crippen LogP contribution in [0, 0.1) is 0 Å². The Morgan fingerprint density at radius 1 is 0.900 bits per heavy atom. The highest BCUT2D eigenvalue weighted by molar-refractivity contribution is 5.83. The molecule has 0 unspecified atom stereocenters. The Labute approximate surface area is 289 Å². The van der Waals surface area contributed by atoms with Crippen LogP contribution in [0.3, 0.4) is 0 Å². The van der Waals surface area contributed by atoms with Crippen molar-refractivity contribution in [3.05, 3.63) is 108 Å². The van der Waals surface area contributed by atoms with Crippen LogP contribution in [0.2, 0.25) is 0 Å². The molecule has 2 aliphatic rings. The fourth-order valence-electron chi connectivity index (χ4n) is 6.65. The van der Waals surface area contributed by atoms with Crippen molar-refractivity contribution in [2.24, 2.45) is 0 Å². The van der Waals surface area contributed by atoms with Crippen molar-refractivity contribution in [2.45, 2.75) is 55.9 Å². The number of hydrogen-bond donors (Lipinski definition) is 6. The summed E-state index contributed by atoms with van der Waals surface area (Å²) >= 11 is 0. The summed E-state index contributed by atoms with van der Waals surface area (Å²) in [6.07, 6.45) is 0.194. The molecule has 0 spiro atoms. The monoisotopic (exact) mass is 679 g/mol. The van der Waals surface area contributed by atoms with Gasteiger partial charge in [0.1, 0.15) is 24.1 Å². The van der Waals surface area contributed by atoms with Gasteiger partial charge in [0.05, 0.1) is 19.5 Å². The first-order valence-electron chi connectivity index (χ1n) is 16.9. The number of amides is 2. The second-order valence-corrected chi connectivity index (χ2v) is 12.6. The van der Waals surface area contributed by atoms with Crippen LogP contribution in [0.5, 0.6) is 0 Å². The maximum absolute atomic E-state index is 13.0. The third-order valence-electron chi connectivity index (χ3n) is 9.35. The zero-order chi connectivity index (χ0) is 34.5. The second kappa shape index (κ2) is 15.2. The van der Waals surface area contributed by atoms with Crippen LogP contribution in [-0.2, 0) is 11.3 Å². The van der Waals surface area contributed by atoms with Crippen molar-refractivity contribution in [2.75, 3.05) is 36.5 Å². The number of nitrogens with one attached hydrogen (secondary N) is 3. The molecule has 2 aromatic carbocycles. The maximum atomic E-state index is 13.0. The van der Waals surface area contributed by atoms with Crippen LogP contribution in [-0.4, -0.2) is 96.4 Å². The van der Waals surface area contributed by atoms with Gasteiger partial charge in [0.25, 0.3) is 0 Å².